The van der Waals surface area contributed by atoms with Gasteiger partial charge in [0.05, 0.1) is 14.2 Å². The molecular formula is C20H19N3O4. The van der Waals surface area contributed by atoms with Gasteiger partial charge in [-0.25, -0.2) is 4.98 Å². The van der Waals surface area contributed by atoms with E-state index in [9.17, 15) is 9.59 Å². The topological polar surface area (TPSA) is 82.5 Å². The zero-order valence-electron chi connectivity index (χ0n) is 15.2. The number of benzene rings is 2. The maximum Gasteiger partial charge on any atom is 0.255 e. The predicted octanol–water partition coefficient (Wildman–Crippen LogP) is 2.92. The van der Waals surface area contributed by atoms with Gasteiger partial charge in [-0.15, -0.1) is 0 Å². The molecule has 0 saturated heterocycles. The van der Waals surface area contributed by atoms with Gasteiger partial charge in [0, 0.05) is 36.3 Å². The van der Waals surface area contributed by atoms with Crippen LogP contribution in [0.1, 0.15) is 26.5 Å². The predicted molar refractivity (Wildman–Crippen MR) is 101 cm³/mol. The number of rotatable bonds is 6. The van der Waals surface area contributed by atoms with Crippen LogP contribution in [0.2, 0.25) is 0 Å². The highest BCUT2D eigenvalue weighted by atomic mass is 16.5. The standard InChI is InChI=1S/C20H19N3O4/c1-23-11-10-21-19(23)18(24)13-4-7-15(8-5-13)22-20(25)14-6-9-16(26-2)17(12-14)27-3/h4-12H,1-3H3,(H,22,25). The molecule has 0 saturated carbocycles. The molecule has 0 radical (unpaired) electrons. The Morgan fingerprint density at radius 2 is 1.63 bits per heavy atom. The van der Waals surface area contributed by atoms with E-state index in [0.717, 1.165) is 0 Å². The number of nitrogens with zero attached hydrogens (tertiary/aromatic N) is 2. The molecule has 0 fully saturated rings. The van der Waals surface area contributed by atoms with Crippen molar-refractivity contribution < 1.29 is 19.1 Å². The van der Waals surface area contributed by atoms with Gasteiger partial charge in [0.1, 0.15) is 0 Å². The summed E-state index contributed by atoms with van der Waals surface area (Å²) in [5.74, 6) is 0.906. The lowest BCUT2D eigenvalue weighted by molar-refractivity contribution is 0.102. The van der Waals surface area contributed by atoms with E-state index in [1.807, 2.05) is 0 Å². The molecule has 0 unspecified atom stereocenters. The number of nitrogens with one attached hydrogen (secondary N) is 1. The molecule has 3 aromatic rings. The lowest BCUT2D eigenvalue weighted by Crippen LogP contribution is -2.13. The molecule has 27 heavy (non-hydrogen) atoms. The Balaban J connectivity index is 1.74. The number of ether oxygens (including phenoxy) is 2. The summed E-state index contributed by atoms with van der Waals surface area (Å²) in [6.07, 6.45) is 3.29. The Hall–Kier alpha value is -3.61. The van der Waals surface area contributed by atoms with Gasteiger partial charge in [-0.2, -0.15) is 0 Å². The Morgan fingerprint density at radius 3 is 2.22 bits per heavy atom. The van der Waals surface area contributed by atoms with Gasteiger partial charge in [-0.1, -0.05) is 0 Å². The first kappa shape index (κ1) is 18.2. The van der Waals surface area contributed by atoms with Crippen LogP contribution in [-0.4, -0.2) is 35.5 Å². The number of hydrogen-bond acceptors (Lipinski definition) is 5. The largest absolute Gasteiger partial charge is 0.493 e. The number of aromatic nitrogens is 2. The smallest absolute Gasteiger partial charge is 0.255 e. The summed E-state index contributed by atoms with van der Waals surface area (Å²) in [5, 5.41) is 2.79. The van der Waals surface area contributed by atoms with Crippen LogP contribution in [0, 0.1) is 0 Å². The number of aryl methyl sites for hydroxylation is 1. The van der Waals surface area contributed by atoms with Crippen molar-refractivity contribution in [3.05, 3.63) is 71.8 Å². The molecule has 1 N–H and O–H groups in total. The zero-order chi connectivity index (χ0) is 19.4. The highest BCUT2D eigenvalue weighted by Gasteiger charge is 2.14. The molecule has 0 spiro atoms. The van der Waals surface area contributed by atoms with Crippen LogP contribution in [0.4, 0.5) is 5.69 Å². The zero-order valence-corrected chi connectivity index (χ0v) is 15.2. The molecule has 2 aromatic carbocycles. The van der Waals surface area contributed by atoms with Crippen molar-refractivity contribution in [2.45, 2.75) is 0 Å². The minimum absolute atomic E-state index is 0.180. The fourth-order valence-electron chi connectivity index (χ4n) is 2.60. The lowest BCUT2D eigenvalue weighted by Gasteiger charge is -2.10. The van der Waals surface area contributed by atoms with Crippen LogP contribution >= 0.6 is 0 Å². The number of amides is 1. The number of carbonyl (C=O) groups excluding carboxylic acids is 2. The minimum Gasteiger partial charge on any atom is -0.493 e. The highest BCUT2D eigenvalue weighted by molar-refractivity contribution is 6.08. The average molecular weight is 365 g/mol. The van der Waals surface area contributed by atoms with Crippen molar-refractivity contribution in [2.24, 2.45) is 7.05 Å². The first-order chi connectivity index (χ1) is 13.0. The molecule has 7 nitrogen and oxygen atoms in total. The van der Waals surface area contributed by atoms with Crippen molar-refractivity contribution >= 4 is 17.4 Å². The molecule has 7 heteroatoms. The van der Waals surface area contributed by atoms with Crippen LogP contribution < -0.4 is 14.8 Å². The van der Waals surface area contributed by atoms with Gasteiger partial charge < -0.3 is 19.4 Å². The van der Waals surface area contributed by atoms with Crippen LogP contribution in [-0.2, 0) is 7.05 Å². The monoisotopic (exact) mass is 365 g/mol. The quantitative estimate of drug-likeness (QED) is 0.679. The third-order valence-electron chi connectivity index (χ3n) is 4.07. The second kappa shape index (κ2) is 7.74. The van der Waals surface area contributed by atoms with E-state index in [0.29, 0.717) is 34.1 Å². The van der Waals surface area contributed by atoms with Gasteiger partial charge in [0.15, 0.2) is 17.3 Å². The van der Waals surface area contributed by atoms with Crippen molar-refractivity contribution in [2.75, 3.05) is 19.5 Å². The second-order valence-electron chi connectivity index (χ2n) is 5.79. The SMILES string of the molecule is COc1ccc(C(=O)Nc2ccc(C(=O)c3nccn3C)cc2)cc1OC. The fourth-order valence-corrected chi connectivity index (χ4v) is 2.60. The molecule has 0 atom stereocenters. The van der Waals surface area contributed by atoms with E-state index in [2.05, 4.69) is 10.3 Å². The van der Waals surface area contributed by atoms with Gasteiger partial charge in [0.2, 0.25) is 5.78 Å². The van der Waals surface area contributed by atoms with Crippen LogP contribution in [0.25, 0.3) is 0 Å². The summed E-state index contributed by atoms with van der Waals surface area (Å²) < 4.78 is 12.0. The summed E-state index contributed by atoms with van der Waals surface area (Å²) in [5.41, 5.74) is 1.50. The molecule has 0 aliphatic heterocycles. The van der Waals surface area contributed by atoms with E-state index in [1.165, 1.54) is 14.2 Å². The molecule has 0 aliphatic rings. The maximum absolute atomic E-state index is 12.4. The lowest BCUT2D eigenvalue weighted by atomic mass is 10.1. The normalized spacial score (nSPS) is 10.3. The number of carbonyl (C=O) groups is 2. The van der Waals surface area contributed by atoms with E-state index < -0.39 is 0 Å². The minimum atomic E-state index is -0.292. The number of hydrogen-bond donors (Lipinski definition) is 1. The van der Waals surface area contributed by atoms with E-state index in [1.54, 1.807) is 66.5 Å². The van der Waals surface area contributed by atoms with Gasteiger partial charge in [-0.3, -0.25) is 9.59 Å². The second-order valence-corrected chi connectivity index (χ2v) is 5.79. The summed E-state index contributed by atoms with van der Waals surface area (Å²) in [6.45, 7) is 0. The van der Waals surface area contributed by atoms with Crippen LogP contribution in [0.3, 0.4) is 0 Å². The van der Waals surface area contributed by atoms with Crippen molar-refractivity contribution in [3.8, 4) is 11.5 Å². The van der Waals surface area contributed by atoms with Crippen LogP contribution in [0.15, 0.2) is 54.9 Å². The van der Waals surface area contributed by atoms with Gasteiger partial charge in [0.25, 0.3) is 5.91 Å². The summed E-state index contributed by atoms with van der Waals surface area (Å²) >= 11 is 0. The van der Waals surface area contributed by atoms with Gasteiger partial charge >= 0.3 is 0 Å². The molecule has 1 aromatic heterocycles. The van der Waals surface area contributed by atoms with E-state index in [-0.39, 0.29) is 11.7 Å². The first-order valence-corrected chi connectivity index (χ1v) is 8.19. The number of ketones is 1. The molecule has 1 heterocycles. The molecule has 3 rings (SSSR count). The highest BCUT2D eigenvalue weighted by Crippen LogP contribution is 2.27. The first-order valence-electron chi connectivity index (χ1n) is 8.19. The molecule has 138 valence electrons. The summed E-state index contributed by atoms with van der Waals surface area (Å²) in [7, 11) is 4.81. The summed E-state index contributed by atoms with van der Waals surface area (Å²) in [6, 6.07) is 11.6. The molecule has 0 bridgehead atoms. The third-order valence-corrected chi connectivity index (χ3v) is 4.07. The Labute approximate surface area is 156 Å². The number of anilines is 1. The number of methoxy groups -OCH3 is 2. The molecular weight excluding hydrogens is 346 g/mol. The van der Waals surface area contributed by atoms with Crippen LogP contribution in [0.5, 0.6) is 11.5 Å². The molecule has 0 aliphatic carbocycles. The molecule has 1 amide bonds. The Morgan fingerprint density at radius 1 is 0.963 bits per heavy atom. The van der Waals surface area contributed by atoms with Crippen molar-refractivity contribution in [3.63, 3.8) is 0 Å². The third kappa shape index (κ3) is 3.82. The number of imidazole rings is 1. The maximum atomic E-state index is 12.4. The fraction of sp³-hybridized carbons (Fsp3) is 0.150. The average Bonchev–Trinajstić information content (AvgIpc) is 3.13. The van der Waals surface area contributed by atoms with E-state index in [4.69, 9.17) is 9.47 Å². The van der Waals surface area contributed by atoms with Gasteiger partial charge in [-0.05, 0) is 42.5 Å². The van der Waals surface area contributed by atoms with E-state index >= 15 is 0 Å². The van der Waals surface area contributed by atoms with Crippen molar-refractivity contribution in [1.82, 2.24) is 9.55 Å². The Kier molecular flexibility index (Phi) is 5.21. The van der Waals surface area contributed by atoms with Crippen molar-refractivity contribution in [1.29, 1.82) is 0 Å². The Bertz CT molecular complexity index is 977. The summed E-state index contributed by atoms with van der Waals surface area (Å²) in [4.78, 5) is 28.9.